The molecular formula is C17H14FN7O. The van der Waals surface area contributed by atoms with Gasteiger partial charge in [0.2, 0.25) is 5.66 Å². The van der Waals surface area contributed by atoms with E-state index in [4.69, 9.17) is 0 Å². The Morgan fingerprint density at radius 1 is 1.31 bits per heavy atom. The highest BCUT2D eigenvalue weighted by Crippen LogP contribution is 2.24. The third-order valence-corrected chi connectivity index (χ3v) is 4.02. The molecule has 4 rings (SSSR count). The van der Waals surface area contributed by atoms with Crippen LogP contribution in [-0.4, -0.2) is 25.4 Å². The summed E-state index contributed by atoms with van der Waals surface area (Å²) in [7, 11) is 0. The second kappa shape index (κ2) is 6.11. The minimum absolute atomic E-state index is 0.117. The van der Waals surface area contributed by atoms with Gasteiger partial charge in [0.25, 0.3) is 0 Å². The average Bonchev–Trinajstić information content (AvgIpc) is 3.31. The summed E-state index contributed by atoms with van der Waals surface area (Å²) in [5.74, 6) is 0.0852. The largest absolute Gasteiger partial charge is 0.380 e. The van der Waals surface area contributed by atoms with E-state index in [-0.39, 0.29) is 5.82 Å². The number of aromatic nitrogens is 3. The number of nitrogens with one attached hydrogen (secondary N) is 3. The molecule has 3 heterocycles. The quantitative estimate of drug-likeness (QED) is 0.559. The Labute approximate surface area is 147 Å². The van der Waals surface area contributed by atoms with Crippen LogP contribution in [-0.2, 0) is 0 Å². The van der Waals surface area contributed by atoms with E-state index in [2.05, 4.69) is 32.3 Å². The summed E-state index contributed by atoms with van der Waals surface area (Å²) in [5.41, 5.74) is 5.46. The van der Waals surface area contributed by atoms with E-state index in [1.54, 1.807) is 35.1 Å². The first-order chi connectivity index (χ1) is 12.6. The fourth-order valence-electron chi connectivity index (χ4n) is 2.67. The Morgan fingerprint density at radius 2 is 2.12 bits per heavy atom. The summed E-state index contributed by atoms with van der Waals surface area (Å²) >= 11 is 0. The minimum atomic E-state index is -1.18. The van der Waals surface area contributed by atoms with Gasteiger partial charge in [-0.3, -0.25) is 0 Å². The molecule has 2 atom stereocenters. The average molecular weight is 351 g/mol. The highest BCUT2D eigenvalue weighted by molar-refractivity contribution is 5.69. The Bertz CT molecular complexity index is 1020. The molecule has 0 radical (unpaired) electrons. The number of hydrogen-bond donors (Lipinski definition) is 4. The molecule has 8 nitrogen and oxygen atoms in total. The topological polar surface area (TPSA) is 110 Å². The van der Waals surface area contributed by atoms with Crippen LogP contribution >= 0.6 is 0 Å². The number of aliphatic hydroxyl groups is 1. The van der Waals surface area contributed by atoms with E-state index in [0.29, 0.717) is 16.9 Å². The Hall–Kier alpha value is -3.48. The fourth-order valence-corrected chi connectivity index (χ4v) is 2.67. The van der Waals surface area contributed by atoms with Crippen molar-refractivity contribution in [2.75, 3.05) is 5.32 Å². The van der Waals surface area contributed by atoms with E-state index in [1.165, 1.54) is 24.3 Å². The number of hydrogen-bond acceptors (Lipinski definition) is 7. The minimum Gasteiger partial charge on any atom is -0.380 e. The maximum Gasteiger partial charge on any atom is 0.217 e. The van der Waals surface area contributed by atoms with Crippen molar-refractivity contribution in [3.05, 3.63) is 72.1 Å². The number of hydrazine groups is 1. The van der Waals surface area contributed by atoms with Crippen molar-refractivity contribution in [3.63, 3.8) is 0 Å². The molecule has 9 heteroatoms. The van der Waals surface area contributed by atoms with Crippen LogP contribution in [0.1, 0.15) is 17.5 Å². The van der Waals surface area contributed by atoms with Crippen LogP contribution in [0.4, 0.5) is 10.2 Å². The highest BCUT2D eigenvalue weighted by atomic mass is 19.1. The van der Waals surface area contributed by atoms with Crippen molar-refractivity contribution in [1.82, 2.24) is 25.4 Å². The highest BCUT2D eigenvalue weighted by Gasteiger charge is 2.31. The summed E-state index contributed by atoms with van der Waals surface area (Å²) in [6.07, 6.45) is 3.77. The fraction of sp³-hybridized carbons (Fsp3) is 0.118. The zero-order chi connectivity index (χ0) is 18.1. The third-order valence-electron chi connectivity index (χ3n) is 4.02. The number of aliphatic hydroxyl groups excluding tert-OH is 1. The van der Waals surface area contributed by atoms with Gasteiger partial charge in [-0.2, -0.15) is 10.7 Å². The first-order valence-corrected chi connectivity index (χ1v) is 7.79. The van der Waals surface area contributed by atoms with Crippen LogP contribution in [0.3, 0.4) is 0 Å². The van der Waals surface area contributed by atoms with Crippen molar-refractivity contribution < 1.29 is 9.50 Å². The Balaban J connectivity index is 1.76. The molecule has 26 heavy (non-hydrogen) atoms. The van der Waals surface area contributed by atoms with Crippen molar-refractivity contribution in [3.8, 4) is 6.07 Å². The molecule has 2 aromatic heterocycles. The first-order valence-electron chi connectivity index (χ1n) is 7.79. The third kappa shape index (κ3) is 2.73. The van der Waals surface area contributed by atoms with E-state index >= 15 is 0 Å². The van der Waals surface area contributed by atoms with Crippen molar-refractivity contribution in [2.24, 2.45) is 0 Å². The zero-order valence-electron chi connectivity index (χ0n) is 13.4. The van der Waals surface area contributed by atoms with Gasteiger partial charge in [0.1, 0.15) is 23.5 Å². The number of benzene rings is 1. The van der Waals surface area contributed by atoms with Gasteiger partial charge in [0.05, 0.1) is 0 Å². The molecule has 0 saturated carbocycles. The van der Waals surface area contributed by atoms with Crippen LogP contribution < -0.4 is 16.2 Å². The summed E-state index contributed by atoms with van der Waals surface area (Å²) < 4.78 is 14.7. The number of halogens is 1. The molecule has 2 unspecified atom stereocenters. The standard InChI is InChI=1S/C17H14FN7O/c18-12-5-3-11(4-6-12)14(26)16-21-15(13-2-1-9-25(13)23-16)22-17(10-19)7-8-20-24-17/h1-9,14,20,24,26H,(H,21,22,23). The van der Waals surface area contributed by atoms with Crippen molar-refractivity contribution >= 4 is 11.3 Å². The summed E-state index contributed by atoms with van der Waals surface area (Å²) in [6, 6.07) is 11.1. The Kier molecular flexibility index (Phi) is 3.76. The summed E-state index contributed by atoms with van der Waals surface area (Å²) in [4.78, 5) is 4.39. The van der Waals surface area contributed by atoms with Crippen molar-refractivity contribution in [2.45, 2.75) is 11.8 Å². The first kappa shape index (κ1) is 16.0. The number of fused-ring (bicyclic) bond motifs is 1. The number of nitriles is 1. The predicted molar refractivity (Wildman–Crippen MR) is 90.8 cm³/mol. The van der Waals surface area contributed by atoms with Gasteiger partial charge in [-0.05, 0) is 35.9 Å². The molecule has 1 aromatic carbocycles. The van der Waals surface area contributed by atoms with E-state index < -0.39 is 17.6 Å². The van der Waals surface area contributed by atoms with E-state index in [9.17, 15) is 14.8 Å². The molecule has 0 spiro atoms. The molecule has 0 fully saturated rings. The molecule has 0 saturated heterocycles. The summed E-state index contributed by atoms with van der Waals surface area (Å²) in [6.45, 7) is 0. The van der Waals surface area contributed by atoms with Crippen LogP contribution in [0.2, 0.25) is 0 Å². The SMILES string of the molecule is N#CC1(Nc2nc(C(O)c3ccc(F)cc3)nn3cccc23)C=CNN1. The molecule has 0 amide bonds. The predicted octanol–water partition coefficient (Wildman–Crippen LogP) is 1.20. The van der Waals surface area contributed by atoms with Gasteiger partial charge in [0.15, 0.2) is 11.6 Å². The number of rotatable bonds is 4. The van der Waals surface area contributed by atoms with E-state index in [1.807, 2.05) is 0 Å². The van der Waals surface area contributed by atoms with Gasteiger partial charge < -0.3 is 15.8 Å². The van der Waals surface area contributed by atoms with Crippen LogP contribution in [0.15, 0.2) is 54.9 Å². The van der Waals surface area contributed by atoms with Crippen LogP contribution in [0.5, 0.6) is 0 Å². The maximum absolute atomic E-state index is 13.1. The smallest absolute Gasteiger partial charge is 0.217 e. The van der Waals surface area contributed by atoms with Gasteiger partial charge in [-0.15, -0.1) is 5.10 Å². The molecule has 3 aromatic rings. The molecule has 1 aliphatic rings. The lowest BCUT2D eigenvalue weighted by molar-refractivity contribution is 0.208. The van der Waals surface area contributed by atoms with Gasteiger partial charge in [-0.1, -0.05) is 12.1 Å². The van der Waals surface area contributed by atoms with Gasteiger partial charge in [-0.25, -0.2) is 13.9 Å². The monoisotopic (exact) mass is 351 g/mol. The van der Waals surface area contributed by atoms with E-state index in [0.717, 1.165) is 0 Å². The normalized spacial score (nSPS) is 19.9. The number of nitrogens with zero attached hydrogens (tertiary/aromatic N) is 4. The second-order valence-corrected chi connectivity index (χ2v) is 5.76. The van der Waals surface area contributed by atoms with Crippen LogP contribution in [0.25, 0.3) is 5.52 Å². The van der Waals surface area contributed by atoms with Crippen molar-refractivity contribution in [1.29, 1.82) is 5.26 Å². The van der Waals surface area contributed by atoms with Gasteiger partial charge >= 0.3 is 0 Å². The zero-order valence-corrected chi connectivity index (χ0v) is 13.4. The molecule has 0 bridgehead atoms. The molecule has 4 N–H and O–H groups in total. The lowest BCUT2D eigenvalue weighted by Crippen LogP contribution is -2.49. The van der Waals surface area contributed by atoms with Gasteiger partial charge in [0, 0.05) is 12.4 Å². The maximum atomic E-state index is 13.1. The molecule has 0 aliphatic carbocycles. The second-order valence-electron chi connectivity index (χ2n) is 5.76. The number of anilines is 1. The summed E-state index contributed by atoms with van der Waals surface area (Å²) in [5, 5.41) is 27.4. The molecule has 130 valence electrons. The Morgan fingerprint density at radius 3 is 2.81 bits per heavy atom. The molecule has 1 aliphatic heterocycles. The molecular weight excluding hydrogens is 337 g/mol. The lowest BCUT2D eigenvalue weighted by atomic mass is 10.1. The lowest BCUT2D eigenvalue weighted by Gasteiger charge is -2.22. The van der Waals surface area contributed by atoms with Crippen LogP contribution in [0, 0.1) is 17.1 Å².